The molecule has 6 atom stereocenters. The Hall–Kier alpha value is -2.46. The topological polar surface area (TPSA) is 178 Å². The molecule has 4 N–H and O–H groups in total. The van der Waals surface area contributed by atoms with Crippen LogP contribution in [0.5, 0.6) is 0 Å². The molecule has 0 aliphatic carbocycles. The second kappa shape index (κ2) is 44.7. The molecule has 1 fully saturated rings. The van der Waals surface area contributed by atoms with Crippen molar-refractivity contribution in [2.75, 3.05) is 26.4 Å². The van der Waals surface area contributed by atoms with Crippen LogP contribution < -0.4 is 0 Å². The van der Waals surface area contributed by atoms with Gasteiger partial charge in [0.05, 0.1) is 19.8 Å². The molecule has 0 bridgehead atoms. The number of aliphatic hydroxyl groups excluding tert-OH is 3. The van der Waals surface area contributed by atoms with Crippen molar-refractivity contribution in [1.82, 2.24) is 0 Å². The highest BCUT2D eigenvalue weighted by atomic mass is 32.3. The molecule has 0 aromatic rings. The fourth-order valence-corrected chi connectivity index (χ4v) is 8.14. The summed E-state index contributed by atoms with van der Waals surface area (Å²) in [5.74, 6) is -0.411. The van der Waals surface area contributed by atoms with Gasteiger partial charge in [-0.15, -0.1) is 0 Å². The molecule has 0 radical (unpaired) electrons. The summed E-state index contributed by atoms with van der Waals surface area (Å²) in [5.41, 5.74) is 0. The molecular formula is C54H94O12S. The summed E-state index contributed by atoms with van der Waals surface area (Å²) >= 11 is 0. The highest BCUT2D eigenvalue weighted by Crippen LogP contribution is 2.26. The van der Waals surface area contributed by atoms with E-state index in [-0.39, 0.29) is 19.6 Å². The summed E-state index contributed by atoms with van der Waals surface area (Å²) in [6.45, 7) is 3.85. The molecular weight excluding hydrogens is 873 g/mol. The zero-order valence-electron chi connectivity index (χ0n) is 41.7. The Labute approximate surface area is 407 Å². The van der Waals surface area contributed by atoms with Crippen molar-refractivity contribution in [3.8, 4) is 0 Å². The Morgan fingerprint density at radius 3 is 1.51 bits per heavy atom. The fraction of sp³-hybridized carbons (Fsp3) is 0.759. The van der Waals surface area contributed by atoms with Gasteiger partial charge in [0.25, 0.3) is 0 Å². The standard InChI is InChI=1S/C54H94O12S/c1-3-5-7-9-11-13-15-17-19-21-23-24-25-27-29-31-33-35-37-39-41-43-50(56)64-48(47-63-54-52(58)53(66-67(59,60)61)51(57)49(45-55)65-54)46-62-44-42-40-38-36-34-32-30-28-26-22-20-18-16-14-12-10-8-6-4-2/h5,7,11,13-14,16-17,19-20,22-24,48-49,51-55,57-58H,3-4,6,8-10,12,15,18,21,25-47H2,1-2H3,(H,59,60,61)/b7-5-,13-11-,16-14-,19-17-,22-20-,24-23-. The van der Waals surface area contributed by atoms with Crippen LogP contribution in [0.2, 0.25) is 0 Å². The zero-order chi connectivity index (χ0) is 48.9. The fourth-order valence-electron chi connectivity index (χ4n) is 7.64. The Morgan fingerprint density at radius 2 is 1.03 bits per heavy atom. The zero-order valence-corrected chi connectivity index (χ0v) is 42.5. The van der Waals surface area contributed by atoms with E-state index in [1.165, 1.54) is 89.9 Å². The highest BCUT2D eigenvalue weighted by Gasteiger charge is 2.48. The summed E-state index contributed by atoms with van der Waals surface area (Å²) in [4.78, 5) is 12.9. The van der Waals surface area contributed by atoms with Gasteiger partial charge in [0.15, 0.2) is 6.29 Å². The Kier molecular flexibility index (Phi) is 41.8. The number of allylic oxidation sites excluding steroid dienone is 12. The molecule has 0 aromatic carbocycles. The largest absolute Gasteiger partial charge is 0.457 e. The predicted molar refractivity (Wildman–Crippen MR) is 271 cm³/mol. The molecule has 67 heavy (non-hydrogen) atoms. The number of esters is 1. The van der Waals surface area contributed by atoms with E-state index < -0.39 is 59.8 Å². The van der Waals surface area contributed by atoms with Crippen molar-refractivity contribution in [1.29, 1.82) is 0 Å². The first-order valence-corrected chi connectivity index (χ1v) is 27.6. The number of unbranched alkanes of at least 4 members (excludes halogenated alkanes) is 20. The van der Waals surface area contributed by atoms with Gasteiger partial charge in [0, 0.05) is 13.0 Å². The van der Waals surface area contributed by atoms with Gasteiger partial charge in [-0.25, -0.2) is 4.18 Å². The van der Waals surface area contributed by atoms with Crippen molar-refractivity contribution in [2.45, 2.75) is 237 Å². The van der Waals surface area contributed by atoms with Gasteiger partial charge in [-0.2, -0.15) is 8.42 Å². The smallest absolute Gasteiger partial charge is 0.397 e. The lowest BCUT2D eigenvalue weighted by atomic mass is 9.99. The minimum Gasteiger partial charge on any atom is -0.457 e. The molecule has 388 valence electrons. The second-order valence-electron chi connectivity index (χ2n) is 17.7. The quantitative estimate of drug-likeness (QED) is 0.0197. The molecule has 12 nitrogen and oxygen atoms in total. The van der Waals surface area contributed by atoms with E-state index in [1.807, 2.05) is 0 Å². The van der Waals surface area contributed by atoms with Crippen LogP contribution in [0.15, 0.2) is 72.9 Å². The van der Waals surface area contributed by atoms with Crippen molar-refractivity contribution in [3.05, 3.63) is 72.9 Å². The van der Waals surface area contributed by atoms with Gasteiger partial charge >= 0.3 is 16.4 Å². The summed E-state index contributed by atoms with van der Waals surface area (Å²) in [5, 5.41) is 30.8. The van der Waals surface area contributed by atoms with Crippen LogP contribution >= 0.6 is 0 Å². The summed E-state index contributed by atoms with van der Waals surface area (Å²) in [6, 6.07) is 0. The van der Waals surface area contributed by atoms with Crippen molar-refractivity contribution in [2.24, 2.45) is 0 Å². The lowest BCUT2D eigenvalue weighted by molar-refractivity contribution is -0.301. The molecule has 13 heteroatoms. The average Bonchev–Trinajstić information content (AvgIpc) is 3.30. The van der Waals surface area contributed by atoms with Gasteiger partial charge < -0.3 is 34.3 Å². The maximum absolute atomic E-state index is 12.9. The van der Waals surface area contributed by atoms with Crippen molar-refractivity contribution >= 4 is 16.4 Å². The summed E-state index contributed by atoms with van der Waals surface area (Å²) in [6.07, 6.45) is 49.2. The van der Waals surface area contributed by atoms with E-state index in [0.29, 0.717) is 13.0 Å². The van der Waals surface area contributed by atoms with E-state index in [9.17, 15) is 33.1 Å². The van der Waals surface area contributed by atoms with Gasteiger partial charge in [-0.3, -0.25) is 9.35 Å². The lowest BCUT2D eigenvalue weighted by Gasteiger charge is -2.41. The maximum Gasteiger partial charge on any atom is 0.397 e. The Morgan fingerprint density at radius 1 is 0.582 bits per heavy atom. The summed E-state index contributed by atoms with van der Waals surface area (Å²) in [7, 11) is -5.07. The number of hydrogen-bond donors (Lipinski definition) is 4. The Bertz CT molecular complexity index is 1440. The SMILES string of the molecule is CC/C=C\C/C=C\C/C=C\C/C=C\CCCCCCCCCCC(=O)OC(COCCCCCCCCCC/C=C\C/C=C\CCCCCC)COC1OC(CO)C(O)C(OS(=O)(=O)O)C1O. The van der Waals surface area contributed by atoms with Crippen LogP contribution in [-0.2, 0) is 38.3 Å². The van der Waals surface area contributed by atoms with E-state index in [4.69, 9.17) is 18.9 Å². The van der Waals surface area contributed by atoms with Crippen molar-refractivity contribution in [3.63, 3.8) is 0 Å². The number of ether oxygens (including phenoxy) is 4. The first kappa shape index (κ1) is 62.6. The van der Waals surface area contributed by atoms with Crippen LogP contribution in [0, 0.1) is 0 Å². The molecule has 1 aliphatic heterocycles. The molecule has 6 unspecified atom stereocenters. The predicted octanol–water partition coefficient (Wildman–Crippen LogP) is 12.2. The highest BCUT2D eigenvalue weighted by molar-refractivity contribution is 7.80. The van der Waals surface area contributed by atoms with Gasteiger partial charge in [-0.05, 0) is 83.5 Å². The Balaban J connectivity index is 2.37. The molecule has 0 saturated carbocycles. The molecule has 1 saturated heterocycles. The van der Waals surface area contributed by atoms with E-state index in [1.54, 1.807) is 0 Å². The van der Waals surface area contributed by atoms with E-state index in [2.05, 4.69) is 90.9 Å². The van der Waals surface area contributed by atoms with Gasteiger partial charge in [0.1, 0.15) is 30.5 Å². The minimum atomic E-state index is -5.07. The van der Waals surface area contributed by atoms with Crippen LogP contribution in [0.25, 0.3) is 0 Å². The number of carbonyl (C=O) groups excluding carboxylic acids is 1. The van der Waals surface area contributed by atoms with Crippen LogP contribution in [-0.4, -0.2) is 97.5 Å². The van der Waals surface area contributed by atoms with Crippen molar-refractivity contribution < 1.29 is 56.2 Å². The maximum atomic E-state index is 12.9. The van der Waals surface area contributed by atoms with E-state index in [0.717, 1.165) is 83.5 Å². The molecule has 0 aromatic heterocycles. The molecule has 1 heterocycles. The number of hydrogen-bond acceptors (Lipinski definition) is 11. The number of aliphatic hydroxyl groups is 3. The normalized spacial score (nSPS) is 20.0. The lowest BCUT2D eigenvalue weighted by Crippen LogP contribution is -2.60. The third kappa shape index (κ3) is 38.0. The first-order valence-electron chi connectivity index (χ1n) is 26.2. The first-order chi connectivity index (χ1) is 32.6. The summed E-state index contributed by atoms with van der Waals surface area (Å²) < 4.78 is 59.3. The average molecular weight is 967 g/mol. The third-order valence-electron chi connectivity index (χ3n) is 11.6. The molecule has 1 rings (SSSR count). The number of carbonyl (C=O) groups is 1. The van der Waals surface area contributed by atoms with Crippen LogP contribution in [0.3, 0.4) is 0 Å². The monoisotopic (exact) mass is 967 g/mol. The van der Waals surface area contributed by atoms with Crippen LogP contribution in [0.1, 0.15) is 200 Å². The van der Waals surface area contributed by atoms with Crippen LogP contribution in [0.4, 0.5) is 0 Å². The third-order valence-corrected chi connectivity index (χ3v) is 12.0. The minimum absolute atomic E-state index is 0.0254. The molecule has 0 amide bonds. The second-order valence-corrected chi connectivity index (χ2v) is 18.8. The molecule has 0 spiro atoms. The van der Waals surface area contributed by atoms with Gasteiger partial charge in [-0.1, -0.05) is 183 Å². The van der Waals surface area contributed by atoms with Gasteiger partial charge in [0.2, 0.25) is 0 Å². The number of rotatable bonds is 45. The van der Waals surface area contributed by atoms with E-state index >= 15 is 0 Å². The molecule has 1 aliphatic rings.